The molecule has 0 spiro atoms. The quantitative estimate of drug-likeness (QED) is 0.812. The Balaban J connectivity index is 1.62. The van der Waals surface area contributed by atoms with Crippen LogP contribution in [0.5, 0.6) is 11.5 Å². The van der Waals surface area contributed by atoms with Crippen molar-refractivity contribution in [2.45, 2.75) is 6.61 Å². The lowest BCUT2D eigenvalue weighted by molar-refractivity contribution is 0.0472. The molecule has 0 saturated heterocycles. The number of nitrogens with zero attached hydrogens (tertiary/aromatic N) is 1. The smallest absolute Gasteiger partial charge is 0.338 e. The molecule has 114 valence electrons. The molecule has 0 aliphatic carbocycles. The molecule has 0 atom stereocenters. The van der Waals surface area contributed by atoms with Crippen LogP contribution in [0.25, 0.3) is 0 Å². The highest BCUT2D eigenvalue weighted by Crippen LogP contribution is 2.32. The Morgan fingerprint density at radius 2 is 1.82 bits per heavy atom. The number of carbonyl (C=O) groups excluding carboxylic acids is 1. The summed E-state index contributed by atoms with van der Waals surface area (Å²) < 4.78 is 15.9. The van der Waals surface area contributed by atoms with Crippen LogP contribution in [0, 0.1) is 0 Å². The molecule has 1 aliphatic rings. The van der Waals surface area contributed by atoms with Crippen LogP contribution in [0.1, 0.15) is 15.9 Å². The predicted molar refractivity (Wildman–Crippen MR) is 82.5 cm³/mol. The van der Waals surface area contributed by atoms with Crippen molar-refractivity contribution < 1.29 is 19.0 Å². The fraction of sp³-hybridized carbons (Fsp3) is 0.235. The molecule has 1 heterocycles. The Morgan fingerprint density at radius 1 is 1.09 bits per heavy atom. The Kier molecular flexibility index (Phi) is 3.87. The molecule has 1 aliphatic heterocycles. The lowest BCUT2D eigenvalue weighted by Crippen LogP contribution is -2.09. The van der Waals surface area contributed by atoms with Crippen molar-refractivity contribution in [2.75, 3.05) is 25.8 Å². The minimum atomic E-state index is -0.344. The van der Waals surface area contributed by atoms with Crippen LogP contribution in [0.15, 0.2) is 42.5 Å². The Hall–Kier alpha value is -2.69. The lowest BCUT2D eigenvalue weighted by atomic mass is 10.2. The maximum Gasteiger partial charge on any atom is 0.338 e. The van der Waals surface area contributed by atoms with E-state index >= 15 is 0 Å². The van der Waals surface area contributed by atoms with Gasteiger partial charge in [-0.15, -0.1) is 0 Å². The molecule has 0 unspecified atom stereocenters. The summed E-state index contributed by atoms with van der Waals surface area (Å²) in [5.74, 6) is 1.06. The maximum absolute atomic E-state index is 12.0. The number of hydrogen-bond donors (Lipinski definition) is 0. The van der Waals surface area contributed by atoms with E-state index in [9.17, 15) is 4.79 Å². The molecule has 22 heavy (non-hydrogen) atoms. The molecule has 0 bridgehead atoms. The first-order valence-corrected chi connectivity index (χ1v) is 6.96. The molecule has 0 radical (unpaired) electrons. The molecule has 3 rings (SSSR count). The van der Waals surface area contributed by atoms with E-state index in [1.807, 2.05) is 49.3 Å². The topological polar surface area (TPSA) is 48.0 Å². The third-order valence-corrected chi connectivity index (χ3v) is 3.43. The number of anilines is 1. The molecule has 0 saturated carbocycles. The van der Waals surface area contributed by atoms with E-state index in [1.165, 1.54) is 0 Å². The van der Waals surface area contributed by atoms with Crippen molar-refractivity contribution in [1.29, 1.82) is 0 Å². The number of fused-ring (bicyclic) bond motifs is 1. The Bertz CT molecular complexity index is 680. The van der Waals surface area contributed by atoms with E-state index in [2.05, 4.69) is 0 Å². The van der Waals surface area contributed by atoms with Crippen LogP contribution in [0.4, 0.5) is 5.69 Å². The van der Waals surface area contributed by atoms with E-state index in [0.717, 1.165) is 11.3 Å². The average molecular weight is 299 g/mol. The third kappa shape index (κ3) is 2.98. The number of carbonyl (C=O) groups is 1. The summed E-state index contributed by atoms with van der Waals surface area (Å²) >= 11 is 0. The fourth-order valence-corrected chi connectivity index (χ4v) is 2.16. The van der Waals surface area contributed by atoms with Gasteiger partial charge in [0.2, 0.25) is 6.79 Å². The summed E-state index contributed by atoms with van der Waals surface area (Å²) in [7, 11) is 3.90. The maximum atomic E-state index is 12.0. The van der Waals surface area contributed by atoms with Gasteiger partial charge >= 0.3 is 5.97 Å². The number of esters is 1. The van der Waals surface area contributed by atoms with Gasteiger partial charge in [0.15, 0.2) is 11.5 Å². The van der Waals surface area contributed by atoms with Crippen molar-refractivity contribution in [1.82, 2.24) is 0 Å². The van der Waals surface area contributed by atoms with Gasteiger partial charge in [-0.2, -0.15) is 0 Å². The molecule has 2 aromatic rings. The van der Waals surface area contributed by atoms with Crippen molar-refractivity contribution in [3.8, 4) is 11.5 Å². The zero-order valence-corrected chi connectivity index (χ0v) is 12.5. The average Bonchev–Trinajstić information content (AvgIpc) is 3.00. The van der Waals surface area contributed by atoms with E-state index < -0.39 is 0 Å². The van der Waals surface area contributed by atoms with E-state index in [-0.39, 0.29) is 19.4 Å². The van der Waals surface area contributed by atoms with Gasteiger partial charge in [0.25, 0.3) is 0 Å². The number of benzene rings is 2. The molecule has 5 heteroatoms. The van der Waals surface area contributed by atoms with Crippen LogP contribution in [0.3, 0.4) is 0 Å². The zero-order valence-electron chi connectivity index (χ0n) is 12.5. The van der Waals surface area contributed by atoms with Gasteiger partial charge in [-0.3, -0.25) is 0 Å². The number of hydrogen-bond acceptors (Lipinski definition) is 5. The largest absolute Gasteiger partial charge is 0.457 e. The molecule has 2 aromatic carbocycles. The van der Waals surface area contributed by atoms with Gasteiger partial charge in [-0.05, 0) is 42.0 Å². The minimum Gasteiger partial charge on any atom is -0.457 e. The predicted octanol–water partition coefficient (Wildman–Crippen LogP) is 2.84. The van der Waals surface area contributed by atoms with Crippen LogP contribution < -0.4 is 14.4 Å². The Labute approximate surface area is 129 Å². The van der Waals surface area contributed by atoms with Gasteiger partial charge in [0.1, 0.15) is 6.61 Å². The summed E-state index contributed by atoms with van der Waals surface area (Å²) in [5, 5.41) is 0. The van der Waals surface area contributed by atoms with Gasteiger partial charge in [-0.25, -0.2) is 4.79 Å². The molecule has 0 N–H and O–H groups in total. The summed E-state index contributed by atoms with van der Waals surface area (Å²) in [6, 6.07) is 12.8. The van der Waals surface area contributed by atoms with Crippen LogP contribution in [0.2, 0.25) is 0 Å². The SMILES string of the molecule is CN(C)c1ccc(C(=O)OCc2ccc3c(c2)OCO3)cc1. The first-order chi connectivity index (χ1) is 10.6. The van der Waals surface area contributed by atoms with E-state index in [1.54, 1.807) is 12.1 Å². The second-order valence-corrected chi connectivity index (χ2v) is 5.21. The highest BCUT2D eigenvalue weighted by molar-refractivity contribution is 5.89. The highest BCUT2D eigenvalue weighted by Gasteiger charge is 2.14. The van der Waals surface area contributed by atoms with Gasteiger partial charge in [0, 0.05) is 19.8 Å². The van der Waals surface area contributed by atoms with Crippen molar-refractivity contribution in [2.24, 2.45) is 0 Å². The zero-order chi connectivity index (χ0) is 15.5. The number of rotatable bonds is 4. The van der Waals surface area contributed by atoms with E-state index in [4.69, 9.17) is 14.2 Å². The molecule has 0 amide bonds. The standard InChI is InChI=1S/C17H17NO4/c1-18(2)14-6-4-13(5-7-14)17(19)20-10-12-3-8-15-16(9-12)22-11-21-15/h3-9H,10-11H2,1-2H3. The van der Waals surface area contributed by atoms with Crippen molar-refractivity contribution >= 4 is 11.7 Å². The molecule has 5 nitrogen and oxygen atoms in total. The lowest BCUT2D eigenvalue weighted by Gasteiger charge is -2.12. The highest BCUT2D eigenvalue weighted by atomic mass is 16.7. The summed E-state index contributed by atoms with van der Waals surface area (Å²) in [6.07, 6.45) is 0. The van der Waals surface area contributed by atoms with Gasteiger partial charge in [-0.1, -0.05) is 6.07 Å². The van der Waals surface area contributed by atoms with Crippen molar-refractivity contribution in [3.63, 3.8) is 0 Å². The molecular weight excluding hydrogens is 282 g/mol. The van der Waals surface area contributed by atoms with Crippen LogP contribution >= 0.6 is 0 Å². The second kappa shape index (κ2) is 5.97. The van der Waals surface area contributed by atoms with Crippen LogP contribution in [-0.2, 0) is 11.3 Å². The first-order valence-electron chi connectivity index (χ1n) is 6.96. The molecule has 0 aromatic heterocycles. The van der Waals surface area contributed by atoms with Crippen molar-refractivity contribution in [3.05, 3.63) is 53.6 Å². The summed E-state index contributed by atoms with van der Waals surface area (Å²) in [5.41, 5.74) is 2.43. The summed E-state index contributed by atoms with van der Waals surface area (Å²) in [6.45, 7) is 0.432. The summed E-state index contributed by atoms with van der Waals surface area (Å²) in [4.78, 5) is 14.0. The van der Waals surface area contributed by atoms with Gasteiger partial charge in [0.05, 0.1) is 5.56 Å². The third-order valence-electron chi connectivity index (χ3n) is 3.43. The minimum absolute atomic E-state index is 0.199. The monoisotopic (exact) mass is 299 g/mol. The Morgan fingerprint density at radius 3 is 2.55 bits per heavy atom. The van der Waals surface area contributed by atoms with E-state index in [0.29, 0.717) is 17.1 Å². The fourth-order valence-electron chi connectivity index (χ4n) is 2.16. The normalized spacial score (nSPS) is 12.1. The first kappa shape index (κ1) is 14.3. The molecular formula is C17H17NO4. The number of ether oxygens (including phenoxy) is 3. The van der Waals surface area contributed by atoms with Crippen LogP contribution in [-0.4, -0.2) is 26.9 Å². The second-order valence-electron chi connectivity index (χ2n) is 5.21. The molecule has 0 fully saturated rings. The van der Waals surface area contributed by atoms with Gasteiger partial charge < -0.3 is 19.1 Å².